The summed E-state index contributed by atoms with van der Waals surface area (Å²) in [7, 11) is 1.43. The van der Waals surface area contributed by atoms with Crippen LogP contribution in [0.1, 0.15) is 22.3 Å². The summed E-state index contributed by atoms with van der Waals surface area (Å²) < 4.78 is 5.06. The predicted octanol–water partition coefficient (Wildman–Crippen LogP) is 3.49. The van der Waals surface area contributed by atoms with Crippen LogP contribution in [0.2, 0.25) is 0 Å². The van der Waals surface area contributed by atoms with Gasteiger partial charge in [-0.3, -0.25) is 4.79 Å². The second kappa shape index (κ2) is 6.50. The Morgan fingerprint density at radius 1 is 1.26 bits per heavy atom. The summed E-state index contributed by atoms with van der Waals surface area (Å²) >= 11 is 0. The van der Waals surface area contributed by atoms with Gasteiger partial charge in [-0.15, -0.1) is 0 Å². The molecule has 1 rings (SSSR count). The summed E-state index contributed by atoms with van der Waals surface area (Å²) in [5, 5.41) is 7.30. The Labute approximate surface area is 113 Å². The lowest BCUT2D eigenvalue weighted by atomic mass is 9.92. The van der Waals surface area contributed by atoms with Crippen molar-refractivity contribution in [1.29, 1.82) is 5.41 Å². The van der Waals surface area contributed by atoms with Gasteiger partial charge in [0.15, 0.2) is 6.29 Å². The molecular weight excluding hydrogens is 238 g/mol. The maximum atomic E-state index is 11.3. The molecule has 0 saturated carbocycles. The van der Waals surface area contributed by atoms with E-state index in [1.54, 1.807) is 12.2 Å². The van der Waals surface area contributed by atoms with Gasteiger partial charge in [-0.25, -0.2) is 0 Å². The van der Waals surface area contributed by atoms with Crippen molar-refractivity contribution in [3.63, 3.8) is 0 Å². The number of methoxy groups -OCH3 is 1. The number of carbonyl (C=O) groups is 1. The number of nitrogens with one attached hydrogen (secondary N) is 1. The van der Waals surface area contributed by atoms with Crippen molar-refractivity contribution in [1.82, 2.24) is 0 Å². The highest BCUT2D eigenvalue weighted by molar-refractivity contribution is 6.14. The molecule has 3 nitrogen and oxygen atoms in total. The number of aldehydes is 1. The molecule has 0 heterocycles. The lowest BCUT2D eigenvalue weighted by Crippen LogP contribution is -2.01. The number of benzene rings is 1. The molecule has 1 aromatic rings. The molecule has 1 aromatic carbocycles. The van der Waals surface area contributed by atoms with Crippen molar-refractivity contribution >= 4 is 30.2 Å². The van der Waals surface area contributed by atoms with Crippen LogP contribution in [0.3, 0.4) is 0 Å². The van der Waals surface area contributed by atoms with Gasteiger partial charge in [0.1, 0.15) is 5.76 Å². The number of allylic oxidation sites excluding steroid dienone is 2. The minimum absolute atomic E-state index is 0.219. The van der Waals surface area contributed by atoms with Gasteiger partial charge < -0.3 is 10.1 Å². The van der Waals surface area contributed by atoms with Crippen LogP contribution in [0, 0.1) is 12.3 Å². The lowest BCUT2D eigenvalue weighted by Gasteiger charge is -2.13. The first-order valence-corrected chi connectivity index (χ1v) is 5.77. The first kappa shape index (κ1) is 14.6. The number of aryl methyl sites for hydroxylation is 1. The van der Waals surface area contributed by atoms with E-state index in [0.29, 0.717) is 17.4 Å². The van der Waals surface area contributed by atoms with E-state index in [1.807, 2.05) is 19.1 Å². The molecular formula is C16H17NO2. The third-order valence-corrected chi connectivity index (χ3v) is 2.94. The minimum Gasteiger partial charge on any atom is -0.494 e. The van der Waals surface area contributed by atoms with E-state index in [4.69, 9.17) is 10.1 Å². The number of hydrogen-bond donors (Lipinski definition) is 1. The molecule has 0 aliphatic carbocycles. The number of rotatable bonds is 6. The van der Waals surface area contributed by atoms with Crippen LogP contribution in [-0.2, 0) is 9.53 Å². The SMILES string of the molecule is C=Cc1c(C)ccc(/C(C=O)=C(/C=N)OC)c1C=C. The Bertz CT molecular complexity index is 568. The Morgan fingerprint density at radius 3 is 2.32 bits per heavy atom. The minimum atomic E-state index is 0.219. The van der Waals surface area contributed by atoms with Crippen molar-refractivity contribution in [2.24, 2.45) is 0 Å². The van der Waals surface area contributed by atoms with Crippen LogP contribution < -0.4 is 0 Å². The first-order valence-electron chi connectivity index (χ1n) is 5.77. The summed E-state index contributed by atoms with van der Waals surface area (Å²) in [6, 6.07) is 3.73. The molecule has 98 valence electrons. The van der Waals surface area contributed by atoms with Crippen molar-refractivity contribution in [3.8, 4) is 0 Å². The van der Waals surface area contributed by atoms with E-state index in [9.17, 15) is 4.79 Å². The van der Waals surface area contributed by atoms with E-state index >= 15 is 0 Å². The zero-order valence-corrected chi connectivity index (χ0v) is 11.2. The lowest BCUT2D eigenvalue weighted by molar-refractivity contribution is -0.103. The van der Waals surface area contributed by atoms with Crippen molar-refractivity contribution in [2.75, 3.05) is 7.11 Å². The average Bonchev–Trinajstić information content (AvgIpc) is 2.44. The van der Waals surface area contributed by atoms with Crippen molar-refractivity contribution < 1.29 is 9.53 Å². The fraction of sp³-hybridized carbons (Fsp3) is 0.125. The molecule has 0 radical (unpaired) electrons. The molecule has 1 N–H and O–H groups in total. The zero-order valence-electron chi connectivity index (χ0n) is 11.2. The smallest absolute Gasteiger partial charge is 0.154 e. The van der Waals surface area contributed by atoms with Gasteiger partial charge in [-0.2, -0.15) is 0 Å². The van der Waals surface area contributed by atoms with Crippen LogP contribution in [0.25, 0.3) is 17.7 Å². The fourth-order valence-corrected chi connectivity index (χ4v) is 1.97. The number of ether oxygens (including phenoxy) is 1. The van der Waals surface area contributed by atoms with Crippen molar-refractivity contribution in [2.45, 2.75) is 6.92 Å². The molecule has 0 saturated heterocycles. The quantitative estimate of drug-likeness (QED) is 0.366. The van der Waals surface area contributed by atoms with Gasteiger partial charge in [0.25, 0.3) is 0 Å². The van der Waals surface area contributed by atoms with E-state index in [2.05, 4.69) is 13.2 Å². The van der Waals surface area contributed by atoms with Gasteiger partial charge in [-0.1, -0.05) is 37.4 Å². The highest BCUT2D eigenvalue weighted by Crippen LogP contribution is 2.27. The summed E-state index contributed by atoms with van der Waals surface area (Å²) in [5.74, 6) is 0.219. The normalized spacial score (nSPS) is 11.3. The van der Waals surface area contributed by atoms with Crippen LogP contribution in [0.15, 0.2) is 31.0 Å². The molecule has 0 unspecified atom stereocenters. The molecule has 0 aromatic heterocycles. The number of hydrogen-bond acceptors (Lipinski definition) is 3. The summed E-state index contributed by atoms with van der Waals surface area (Å²) in [4.78, 5) is 11.3. The molecule has 0 atom stereocenters. The maximum absolute atomic E-state index is 11.3. The van der Waals surface area contributed by atoms with Crippen LogP contribution in [0.4, 0.5) is 0 Å². The van der Waals surface area contributed by atoms with Gasteiger partial charge in [0.2, 0.25) is 0 Å². The molecule has 3 heteroatoms. The fourth-order valence-electron chi connectivity index (χ4n) is 1.97. The molecule has 0 aliphatic rings. The standard InChI is InChI=1S/C16H17NO2/c1-5-12-11(3)7-8-14(13(12)6-2)15(10-18)16(9-17)19-4/h5-10,17H,1-2H2,3-4H3/b16-15-,17-9?. The Kier molecular flexibility index (Phi) is 5.01. The Hall–Kier alpha value is -2.42. The highest BCUT2D eigenvalue weighted by Gasteiger charge is 2.14. The molecule has 19 heavy (non-hydrogen) atoms. The van der Waals surface area contributed by atoms with E-state index in [1.165, 1.54) is 7.11 Å². The molecule has 0 aliphatic heterocycles. The third-order valence-electron chi connectivity index (χ3n) is 2.94. The number of carbonyl (C=O) groups excluding carboxylic acids is 1. The maximum Gasteiger partial charge on any atom is 0.154 e. The van der Waals surface area contributed by atoms with E-state index in [0.717, 1.165) is 22.9 Å². The zero-order chi connectivity index (χ0) is 14.4. The van der Waals surface area contributed by atoms with Gasteiger partial charge in [-0.05, 0) is 29.2 Å². The van der Waals surface area contributed by atoms with E-state index < -0.39 is 0 Å². The average molecular weight is 255 g/mol. The summed E-state index contributed by atoms with van der Waals surface area (Å²) in [6.45, 7) is 9.53. The highest BCUT2D eigenvalue weighted by atomic mass is 16.5. The molecule has 0 amide bonds. The topological polar surface area (TPSA) is 50.2 Å². The van der Waals surface area contributed by atoms with E-state index in [-0.39, 0.29) is 5.76 Å². The summed E-state index contributed by atoms with van der Waals surface area (Å²) in [5.41, 5.74) is 3.80. The van der Waals surface area contributed by atoms with Crippen LogP contribution in [0.5, 0.6) is 0 Å². The predicted molar refractivity (Wildman–Crippen MR) is 80.1 cm³/mol. The van der Waals surface area contributed by atoms with Crippen molar-refractivity contribution in [3.05, 3.63) is 53.3 Å². The van der Waals surface area contributed by atoms with Crippen LogP contribution >= 0.6 is 0 Å². The third kappa shape index (κ3) is 2.71. The van der Waals surface area contributed by atoms with Gasteiger partial charge in [0.05, 0.1) is 18.9 Å². The Balaban J connectivity index is 3.71. The molecule has 0 bridgehead atoms. The van der Waals surface area contributed by atoms with Gasteiger partial charge in [0, 0.05) is 0 Å². The Morgan fingerprint density at radius 2 is 1.89 bits per heavy atom. The van der Waals surface area contributed by atoms with Crippen LogP contribution in [-0.4, -0.2) is 19.6 Å². The molecule has 0 fully saturated rings. The second-order valence-corrected chi connectivity index (χ2v) is 3.91. The van der Waals surface area contributed by atoms with Gasteiger partial charge >= 0.3 is 0 Å². The summed E-state index contributed by atoms with van der Waals surface area (Å²) in [6.07, 6.45) is 5.12. The largest absolute Gasteiger partial charge is 0.494 e. The monoisotopic (exact) mass is 255 g/mol. The molecule has 0 spiro atoms. The first-order chi connectivity index (χ1) is 9.14. The second-order valence-electron chi connectivity index (χ2n) is 3.91.